The molecular formula is C18H13Cl2N7O3. The summed E-state index contributed by atoms with van der Waals surface area (Å²) in [5, 5.41) is 25.5. The Morgan fingerprint density at radius 2 is 1.83 bits per heavy atom. The summed E-state index contributed by atoms with van der Waals surface area (Å²) in [5.41, 5.74) is 4.23. The van der Waals surface area contributed by atoms with E-state index in [1.165, 1.54) is 13.3 Å². The van der Waals surface area contributed by atoms with Crippen molar-refractivity contribution < 1.29 is 14.5 Å². The van der Waals surface area contributed by atoms with Crippen LogP contribution in [0.4, 0.5) is 17.3 Å². The molecule has 12 heteroatoms. The summed E-state index contributed by atoms with van der Waals surface area (Å²) in [6, 6.07) is 10.0. The Bertz CT molecular complexity index is 1250. The molecule has 4 aromatic rings. The molecule has 2 aromatic carbocycles. The van der Waals surface area contributed by atoms with Gasteiger partial charge in [-0.15, -0.1) is 0 Å². The standard InChI is InChI=1S/C18H13Cl2N7O3/c1-29-13-4-2-3-9(14(13)28)8-21-25-16-15(23-17-18(24-16)27-30-26-17)22-10-5-6-11(19)12(20)7-10/h2-8,28H,1H3,(H,22,23,26)(H,24,25,27)/b21-8+. The first-order valence-corrected chi connectivity index (χ1v) is 9.18. The van der Waals surface area contributed by atoms with Crippen LogP contribution in [0.3, 0.4) is 0 Å². The van der Waals surface area contributed by atoms with E-state index in [0.29, 0.717) is 32.9 Å². The maximum atomic E-state index is 10.2. The summed E-state index contributed by atoms with van der Waals surface area (Å²) in [5.74, 6) is 0.823. The van der Waals surface area contributed by atoms with Gasteiger partial charge in [0.15, 0.2) is 23.1 Å². The highest BCUT2D eigenvalue weighted by atomic mass is 35.5. The number of fused-ring (bicyclic) bond motifs is 1. The fourth-order valence-corrected chi connectivity index (χ4v) is 2.78. The fourth-order valence-electron chi connectivity index (χ4n) is 2.48. The van der Waals surface area contributed by atoms with Crippen LogP contribution in [-0.4, -0.2) is 38.7 Å². The van der Waals surface area contributed by atoms with Crippen molar-refractivity contribution >= 4 is 58.0 Å². The lowest BCUT2D eigenvalue weighted by molar-refractivity contribution is 0.314. The molecule has 0 saturated carbocycles. The zero-order chi connectivity index (χ0) is 21.1. The number of anilines is 3. The number of phenolic OH excluding ortho intramolecular Hbond substituents is 1. The van der Waals surface area contributed by atoms with Gasteiger partial charge in [0.25, 0.3) is 0 Å². The lowest BCUT2D eigenvalue weighted by Gasteiger charge is -2.10. The molecule has 2 aromatic heterocycles. The van der Waals surface area contributed by atoms with Crippen LogP contribution in [0.2, 0.25) is 10.0 Å². The number of nitrogens with one attached hydrogen (secondary N) is 2. The molecule has 0 aliphatic carbocycles. The predicted molar refractivity (Wildman–Crippen MR) is 113 cm³/mol. The van der Waals surface area contributed by atoms with E-state index in [-0.39, 0.29) is 22.9 Å². The van der Waals surface area contributed by atoms with E-state index in [1.54, 1.807) is 36.4 Å². The van der Waals surface area contributed by atoms with E-state index in [0.717, 1.165) is 0 Å². The molecule has 0 radical (unpaired) electrons. The number of halogens is 2. The highest BCUT2D eigenvalue weighted by molar-refractivity contribution is 6.42. The quantitative estimate of drug-likeness (QED) is 0.294. The zero-order valence-corrected chi connectivity index (χ0v) is 16.8. The van der Waals surface area contributed by atoms with Crippen molar-refractivity contribution in [2.45, 2.75) is 0 Å². The molecule has 2 heterocycles. The third-order valence-electron chi connectivity index (χ3n) is 3.92. The van der Waals surface area contributed by atoms with E-state index in [2.05, 4.69) is 40.8 Å². The lowest BCUT2D eigenvalue weighted by Crippen LogP contribution is -2.03. The van der Waals surface area contributed by atoms with Crippen molar-refractivity contribution in [3.05, 3.63) is 52.0 Å². The topological polar surface area (TPSA) is 131 Å². The minimum atomic E-state index is -0.0399. The minimum Gasteiger partial charge on any atom is -0.504 e. The molecule has 0 bridgehead atoms. The molecule has 10 nitrogen and oxygen atoms in total. The van der Waals surface area contributed by atoms with E-state index in [4.69, 9.17) is 27.9 Å². The number of ether oxygens (including phenoxy) is 1. The highest BCUT2D eigenvalue weighted by Gasteiger charge is 2.13. The van der Waals surface area contributed by atoms with E-state index in [9.17, 15) is 5.11 Å². The third-order valence-corrected chi connectivity index (χ3v) is 4.66. The SMILES string of the molecule is COc1cccc(/C=N/Nc2nc3nonc3nc2Nc2ccc(Cl)c(Cl)c2)c1O. The number of benzene rings is 2. The number of aromatic nitrogens is 4. The summed E-state index contributed by atoms with van der Waals surface area (Å²) in [7, 11) is 1.46. The smallest absolute Gasteiger partial charge is 0.245 e. The molecule has 4 rings (SSSR count). The summed E-state index contributed by atoms with van der Waals surface area (Å²) in [4.78, 5) is 8.63. The predicted octanol–water partition coefficient (Wildman–Crippen LogP) is 4.22. The summed E-state index contributed by atoms with van der Waals surface area (Å²) in [6.45, 7) is 0. The molecule has 3 N–H and O–H groups in total. The monoisotopic (exact) mass is 445 g/mol. The summed E-state index contributed by atoms with van der Waals surface area (Å²) < 4.78 is 9.75. The molecule has 0 amide bonds. The number of methoxy groups -OCH3 is 1. The lowest BCUT2D eigenvalue weighted by atomic mass is 10.2. The molecule has 152 valence electrons. The van der Waals surface area contributed by atoms with Gasteiger partial charge in [-0.05, 0) is 40.6 Å². The third kappa shape index (κ3) is 4.04. The number of hydrazone groups is 1. The summed E-state index contributed by atoms with van der Waals surface area (Å²) in [6.07, 6.45) is 1.41. The Labute approximate surface area is 179 Å². The van der Waals surface area contributed by atoms with Crippen molar-refractivity contribution in [3.63, 3.8) is 0 Å². The van der Waals surface area contributed by atoms with Gasteiger partial charge in [-0.1, -0.05) is 29.3 Å². The largest absolute Gasteiger partial charge is 0.504 e. The van der Waals surface area contributed by atoms with Crippen molar-refractivity contribution in [3.8, 4) is 11.5 Å². The average molecular weight is 446 g/mol. The van der Waals surface area contributed by atoms with Crippen molar-refractivity contribution in [1.29, 1.82) is 0 Å². The number of nitrogens with zero attached hydrogens (tertiary/aromatic N) is 5. The van der Waals surface area contributed by atoms with Gasteiger partial charge < -0.3 is 15.2 Å². The highest BCUT2D eigenvalue weighted by Crippen LogP contribution is 2.30. The van der Waals surface area contributed by atoms with Gasteiger partial charge in [0.1, 0.15) is 0 Å². The van der Waals surface area contributed by atoms with Gasteiger partial charge >= 0.3 is 0 Å². The normalized spacial score (nSPS) is 11.2. The second-order valence-electron chi connectivity index (χ2n) is 5.85. The van der Waals surface area contributed by atoms with E-state index in [1.807, 2.05) is 0 Å². The molecule has 30 heavy (non-hydrogen) atoms. The number of rotatable bonds is 6. The number of aromatic hydroxyl groups is 1. The molecular weight excluding hydrogens is 433 g/mol. The Kier molecular flexibility index (Phi) is 5.50. The Morgan fingerprint density at radius 1 is 1.07 bits per heavy atom. The molecule has 0 unspecified atom stereocenters. The van der Waals surface area contributed by atoms with Gasteiger partial charge in [0, 0.05) is 11.3 Å². The molecule has 0 spiro atoms. The first-order chi connectivity index (χ1) is 14.5. The van der Waals surface area contributed by atoms with Crippen LogP contribution >= 0.6 is 23.2 Å². The van der Waals surface area contributed by atoms with Crippen molar-refractivity contribution in [2.75, 3.05) is 17.9 Å². The van der Waals surface area contributed by atoms with Crippen LogP contribution in [0, 0.1) is 0 Å². The maximum Gasteiger partial charge on any atom is 0.245 e. The van der Waals surface area contributed by atoms with Crippen LogP contribution in [0.1, 0.15) is 5.56 Å². The van der Waals surface area contributed by atoms with E-state index >= 15 is 0 Å². The van der Waals surface area contributed by atoms with Crippen LogP contribution in [0.25, 0.3) is 11.3 Å². The van der Waals surface area contributed by atoms with Crippen molar-refractivity contribution in [2.24, 2.45) is 5.10 Å². The van der Waals surface area contributed by atoms with E-state index < -0.39 is 0 Å². The first kappa shape index (κ1) is 19.7. The molecule has 0 aliphatic rings. The number of para-hydroxylation sites is 1. The Morgan fingerprint density at radius 3 is 2.57 bits per heavy atom. The Balaban J connectivity index is 1.64. The molecule has 0 fully saturated rings. The molecule has 0 aliphatic heterocycles. The van der Waals surface area contributed by atoms with Gasteiger partial charge in [0.2, 0.25) is 11.3 Å². The van der Waals surface area contributed by atoms with Gasteiger partial charge in [-0.2, -0.15) is 10.1 Å². The van der Waals surface area contributed by atoms with Crippen molar-refractivity contribution in [1.82, 2.24) is 20.3 Å². The van der Waals surface area contributed by atoms with Crippen LogP contribution in [0.5, 0.6) is 11.5 Å². The van der Waals surface area contributed by atoms with Gasteiger partial charge in [-0.3, -0.25) is 5.43 Å². The fraction of sp³-hybridized carbons (Fsp3) is 0.0556. The number of hydrogen-bond donors (Lipinski definition) is 3. The van der Waals surface area contributed by atoms with Crippen LogP contribution in [-0.2, 0) is 0 Å². The first-order valence-electron chi connectivity index (χ1n) is 8.42. The van der Waals surface area contributed by atoms with Gasteiger partial charge in [0.05, 0.1) is 23.4 Å². The van der Waals surface area contributed by atoms with Gasteiger partial charge in [-0.25, -0.2) is 9.61 Å². The summed E-state index contributed by atoms with van der Waals surface area (Å²) >= 11 is 12.0. The molecule has 0 saturated heterocycles. The average Bonchev–Trinajstić information content (AvgIpc) is 3.19. The second kappa shape index (κ2) is 8.39. The number of hydrogen-bond acceptors (Lipinski definition) is 10. The molecule has 0 atom stereocenters. The zero-order valence-electron chi connectivity index (χ0n) is 15.3. The van der Waals surface area contributed by atoms with Crippen LogP contribution in [0.15, 0.2) is 46.1 Å². The number of phenols is 1. The second-order valence-corrected chi connectivity index (χ2v) is 6.67. The Hall–Kier alpha value is -3.63. The minimum absolute atomic E-state index is 0.0399. The maximum absolute atomic E-state index is 10.2. The van der Waals surface area contributed by atoms with Crippen LogP contribution < -0.4 is 15.5 Å².